The van der Waals surface area contributed by atoms with E-state index in [0.717, 1.165) is 18.0 Å². The number of nitrogens with one attached hydrogen (secondary N) is 1. The van der Waals surface area contributed by atoms with Crippen LogP contribution in [0.2, 0.25) is 5.15 Å². The lowest BCUT2D eigenvalue weighted by atomic mass is 9.82. The lowest BCUT2D eigenvalue weighted by Crippen LogP contribution is -2.43. The quantitative estimate of drug-likeness (QED) is 0.862. The lowest BCUT2D eigenvalue weighted by Gasteiger charge is -2.36. The van der Waals surface area contributed by atoms with E-state index in [1.54, 1.807) is 5.38 Å². The van der Waals surface area contributed by atoms with Crippen molar-refractivity contribution < 1.29 is 5.11 Å². The number of rotatable bonds is 3. The Kier molecular flexibility index (Phi) is 3.49. The minimum absolute atomic E-state index is 0.167. The number of aromatic nitrogens is 1. The first-order valence-electron chi connectivity index (χ1n) is 5.24. The van der Waals surface area contributed by atoms with Gasteiger partial charge in [-0.3, -0.25) is 0 Å². The molecule has 0 bridgehead atoms. The molecule has 84 valence electrons. The summed E-state index contributed by atoms with van der Waals surface area (Å²) in [4.78, 5) is 4.16. The zero-order valence-electron chi connectivity index (χ0n) is 8.50. The second-order valence-electron chi connectivity index (χ2n) is 4.10. The van der Waals surface area contributed by atoms with E-state index in [4.69, 9.17) is 11.6 Å². The van der Waals surface area contributed by atoms with Crippen LogP contribution in [0.1, 0.15) is 32.1 Å². The zero-order chi connectivity index (χ0) is 10.7. The number of anilines is 1. The third-order valence-corrected chi connectivity index (χ3v) is 4.04. The van der Waals surface area contributed by atoms with Crippen molar-refractivity contribution in [3.05, 3.63) is 10.5 Å². The summed E-state index contributed by atoms with van der Waals surface area (Å²) in [6.07, 6.45) is 5.64. The van der Waals surface area contributed by atoms with Crippen molar-refractivity contribution in [1.82, 2.24) is 4.98 Å². The Balaban J connectivity index is 2.06. The van der Waals surface area contributed by atoms with Crippen LogP contribution < -0.4 is 5.32 Å². The average Bonchev–Trinajstić information content (AvgIpc) is 2.65. The molecule has 15 heavy (non-hydrogen) atoms. The highest BCUT2D eigenvalue weighted by molar-refractivity contribution is 7.14. The molecule has 1 heterocycles. The van der Waals surface area contributed by atoms with Crippen LogP contribution in [-0.2, 0) is 0 Å². The molecular formula is C10H15ClN2OS. The average molecular weight is 247 g/mol. The van der Waals surface area contributed by atoms with Gasteiger partial charge in [0, 0.05) is 5.38 Å². The first kappa shape index (κ1) is 11.2. The largest absolute Gasteiger partial charge is 0.394 e. The van der Waals surface area contributed by atoms with Crippen molar-refractivity contribution in [1.29, 1.82) is 0 Å². The molecule has 1 saturated carbocycles. The van der Waals surface area contributed by atoms with Gasteiger partial charge in [0.05, 0.1) is 12.1 Å². The summed E-state index contributed by atoms with van der Waals surface area (Å²) in [5.41, 5.74) is -0.167. The van der Waals surface area contributed by atoms with Gasteiger partial charge < -0.3 is 10.4 Å². The van der Waals surface area contributed by atoms with Crippen LogP contribution in [0.25, 0.3) is 0 Å². The molecule has 0 saturated heterocycles. The van der Waals surface area contributed by atoms with E-state index in [9.17, 15) is 5.11 Å². The Hall–Kier alpha value is -0.320. The molecule has 0 aromatic carbocycles. The van der Waals surface area contributed by atoms with Gasteiger partial charge in [-0.15, -0.1) is 11.3 Å². The zero-order valence-corrected chi connectivity index (χ0v) is 10.1. The normalized spacial score (nSPS) is 20.1. The van der Waals surface area contributed by atoms with Gasteiger partial charge in [0.1, 0.15) is 5.15 Å². The Morgan fingerprint density at radius 2 is 2.20 bits per heavy atom. The van der Waals surface area contributed by atoms with E-state index < -0.39 is 0 Å². The highest BCUT2D eigenvalue weighted by atomic mass is 35.5. The van der Waals surface area contributed by atoms with E-state index in [1.165, 1.54) is 30.6 Å². The monoisotopic (exact) mass is 246 g/mol. The third-order valence-electron chi connectivity index (χ3n) is 2.96. The Morgan fingerprint density at radius 3 is 2.73 bits per heavy atom. The van der Waals surface area contributed by atoms with E-state index in [1.807, 2.05) is 0 Å². The minimum Gasteiger partial charge on any atom is -0.394 e. The van der Waals surface area contributed by atoms with E-state index in [2.05, 4.69) is 10.3 Å². The second-order valence-corrected chi connectivity index (χ2v) is 5.34. The molecule has 0 radical (unpaired) electrons. The summed E-state index contributed by atoms with van der Waals surface area (Å²) in [6, 6.07) is 0. The second kappa shape index (κ2) is 4.68. The topological polar surface area (TPSA) is 45.1 Å². The maximum atomic E-state index is 9.49. The number of aliphatic hydroxyl groups excluding tert-OH is 1. The first-order chi connectivity index (χ1) is 7.24. The maximum Gasteiger partial charge on any atom is 0.184 e. The molecule has 0 aliphatic heterocycles. The molecule has 2 rings (SSSR count). The predicted molar refractivity (Wildman–Crippen MR) is 63.6 cm³/mol. The van der Waals surface area contributed by atoms with Gasteiger partial charge in [0.15, 0.2) is 5.13 Å². The molecule has 0 unspecified atom stereocenters. The van der Waals surface area contributed by atoms with Gasteiger partial charge in [0.25, 0.3) is 0 Å². The standard InChI is InChI=1S/C10H15ClN2OS/c11-8-6-15-9(12-8)13-10(7-14)4-2-1-3-5-10/h6,14H,1-5,7H2,(H,12,13). The molecule has 1 aromatic rings. The summed E-state index contributed by atoms with van der Waals surface area (Å²) in [5, 5.41) is 16.0. The maximum absolute atomic E-state index is 9.49. The van der Waals surface area contributed by atoms with E-state index in [-0.39, 0.29) is 12.1 Å². The van der Waals surface area contributed by atoms with Crippen LogP contribution in [0.5, 0.6) is 0 Å². The summed E-state index contributed by atoms with van der Waals surface area (Å²) in [6.45, 7) is 0.171. The van der Waals surface area contributed by atoms with Gasteiger partial charge in [-0.1, -0.05) is 30.9 Å². The molecule has 1 aliphatic carbocycles. The molecule has 0 atom stereocenters. The molecule has 2 N–H and O–H groups in total. The number of nitrogens with zero attached hydrogens (tertiary/aromatic N) is 1. The van der Waals surface area contributed by atoms with Crippen LogP contribution >= 0.6 is 22.9 Å². The van der Waals surface area contributed by atoms with Crippen LogP contribution in [0.3, 0.4) is 0 Å². The highest BCUT2D eigenvalue weighted by Gasteiger charge is 2.31. The number of thiazole rings is 1. The van der Waals surface area contributed by atoms with Crippen LogP contribution in [0, 0.1) is 0 Å². The molecule has 5 heteroatoms. The fraction of sp³-hybridized carbons (Fsp3) is 0.700. The predicted octanol–water partition coefficient (Wildman–Crippen LogP) is 2.90. The molecule has 0 amide bonds. The summed E-state index contributed by atoms with van der Waals surface area (Å²) in [7, 11) is 0. The first-order valence-corrected chi connectivity index (χ1v) is 6.50. The van der Waals surface area contributed by atoms with Crippen LogP contribution in [0.15, 0.2) is 5.38 Å². The van der Waals surface area contributed by atoms with Gasteiger partial charge in [-0.05, 0) is 12.8 Å². The fourth-order valence-electron chi connectivity index (χ4n) is 2.09. The van der Waals surface area contributed by atoms with Crippen LogP contribution in [-0.4, -0.2) is 22.2 Å². The minimum atomic E-state index is -0.167. The van der Waals surface area contributed by atoms with Gasteiger partial charge in [-0.2, -0.15) is 0 Å². The number of hydrogen-bond donors (Lipinski definition) is 2. The molecule has 0 spiro atoms. The number of hydrogen-bond acceptors (Lipinski definition) is 4. The number of aliphatic hydroxyl groups is 1. The van der Waals surface area contributed by atoms with Crippen molar-refractivity contribution in [2.45, 2.75) is 37.6 Å². The molecule has 3 nitrogen and oxygen atoms in total. The SMILES string of the molecule is OCC1(Nc2nc(Cl)cs2)CCCCC1. The fourth-order valence-corrected chi connectivity index (χ4v) is 3.05. The number of halogens is 1. The Bertz CT molecular complexity index is 323. The molecule has 1 aromatic heterocycles. The smallest absolute Gasteiger partial charge is 0.184 e. The summed E-state index contributed by atoms with van der Waals surface area (Å²) in [5.74, 6) is 0. The summed E-state index contributed by atoms with van der Waals surface area (Å²) >= 11 is 7.26. The third kappa shape index (κ3) is 2.62. The van der Waals surface area contributed by atoms with E-state index >= 15 is 0 Å². The van der Waals surface area contributed by atoms with Gasteiger partial charge in [0.2, 0.25) is 0 Å². The van der Waals surface area contributed by atoms with Gasteiger partial charge >= 0.3 is 0 Å². The van der Waals surface area contributed by atoms with Gasteiger partial charge in [-0.25, -0.2) is 4.98 Å². The highest BCUT2D eigenvalue weighted by Crippen LogP contribution is 2.32. The Morgan fingerprint density at radius 1 is 1.47 bits per heavy atom. The molecule has 1 fully saturated rings. The lowest BCUT2D eigenvalue weighted by molar-refractivity contribution is 0.173. The van der Waals surface area contributed by atoms with Crippen molar-refractivity contribution >= 4 is 28.1 Å². The van der Waals surface area contributed by atoms with Crippen molar-refractivity contribution in [2.75, 3.05) is 11.9 Å². The molecule has 1 aliphatic rings. The van der Waals surface area contributed by atoms with Crippen molar-refractivity contribution in [3.8, 4) is 0 Å². The summed E-state index contributed by atoms with van der Waals surface area (Å²) < 4.78 is 0. The van der Waals surface area contributed by atoms with E-state index in [0.29, 0.717) is 5.15 Å². The van der Waals surface area contributed by atoms with Crippen molar-refractivity contribution in [2.24, 2.45) is 0 Å². The molecular weight excluding hydrogens is 232 g/mol. The van der Waals surface area contributed by atoms with Crippen LogP contribution in [0.4, 0.5) is 5.13 Å². The Labute approximate surface area is 98.5 Å². The van der Waals surface area contributed by atoms with Crippen molar-refractivity contribution in [3.63, 3.8) is 0 Å².